The first-order valence-corrected chi connectivity index (χ1v) is 5.69. The van der Waals surface area contributed by atoms with Gasteiger partial charge in [0.1, 0.15) is 0 Å². The molecule has 0 aromatic heterocycles. The summed E-state index contributed by atoms with van der Waals surface area (Å²) in [6, 6.07) is 0. The maximum absolute atomic E-state index is 11.2. The minimum atomic E-state index is -0.336. The molecule has 0 aliphatic carbocycles. The Balaban J connectivity index is 3.40. The summed E-state index contributed by atoms with van der Waals surface area (Å²) in [5, 5.41) is 5.49. The van der Waals surface area contributed by atoms with Crippen LogP contribution in [0.5, 0.6) is 0 Å². The highest BCUT2D eigenvalue weighted by atomic mass is 16.5. The fourth-order valence-corrected chi connectivity index (χ4v) is 1.05. The maximum atomic E-state index is 11.2. The quantitative estimate of drug-likeness (QED) is 0.589. The van der Waals surface area contributed by atoms with Crippen LogP contribution < -0.4 is 10.6 Å². The van der Waals surface area contributed by atoms with Gasteiger partial charge in [-0.15, -0.1) is 0 Å². The molecule has 0 saturated carbocycles. The van der Waals surface area contributed by atoms with E-state index in [2.05, 4.69) is 24.5 Å². The molecule has 0 unspecified atom stereocenters. The number of hydrogen-bond acceptors (Lipinski definition) is 4. The van der Waals surface area contributed by atoms with Crippen molar-refractivity contribution in [1.82, 2.24) is 10.6 Å². The van der Waals surface area contributed by atoms with Crippen LogP contribution in [0, 0.1) is 5.92 Å². The second-order valence-corrected chi connectivity index (χ2v) is 3.94. The van der Waals surface area contributed by atoms with E-state index < -0.39 is 0 Å². The third kappa shape index (κ3) is 9.45. The third-order valence-electron chi connectivity index (χ3n) is 1.90. The highest BCUT2D eigenvalue weighted by molar-refractivity contribution is 5.79. The Morgan fingerprint density at radius 2 is 1.94 bits per heavy atom. The van der Waals surface area contributed by atoms with Gasteiger partial charge in [0.25, 0.3) is 0 Å². The molecule has 0 spiro atoms. The fraction of sp³-hybridized carbons (Fsp3) is 0.818. The van der Waals surface area contributed by atoms with Gasteiger partial charge in [-0.3, -0.25) is 14.9 Å². The number of carbonyl (C=O) groups is 2. The van der Waals surface area contributed by atoms with Crippen molar-refractivity contribution in [2.24, 2.45) is 5.92 Å². The number of amides is 1. The average molecular weight is 230 g/mol. The number of ether oxygens (including phenoxy) is 1. The number of esters is 1. The topological polar surface area (TPSA) is 67.4 Å². The Morgan fingerprint density at radius 3 is 2.50 bits per heavy atom. The van der Waals surface area contributed by atoms with E-state index in [-0.39, 0.29) is 25.0 Å². The molecule has 0 aromatic carbocycles. The maximum Gasteiger partial charge on any atom is 0.319 e. The van der Waals surface area contributed by atoms with Crippen molar-refractivity contribution >= 4 is 11.9 Å². The van der Waals surface area contributed by atoms with Crippen LogP contribution in [0.3, 0.4) is 0 Å². The minimum absolute atomic E-state index is 0.0748. The van der Waals surface area contributed by atoms with Crippen molar-refractivity contribution < 1.29 is 14.3 Å². The van der Waals surface area contributed by atoms with E-state index in [0.717, 1.165) is 6.42 Å². The predicted octanol–water partition coefficient (Wildman–Crippen LogP) is 0.301. The summed E-state index contributed by atoms with van der Waals surface area (Å²) in [6.45, 7) is 7.22. The zero-order valence-electron chi connectivity index (χ0n) is 10.3. The van der Waals surface area contributed by atoms with Gasteiger partial charge in [0.2, 0.25) is 5.91 Å². The van der Waals surface area contributed by atoms with E-state index in [1.54, 1.807) is 6.92 Å². The molecule has 0 aromatic rings. The molecule has 0 aliphatic heterocycles. The largest absolute Gasteiger partial charge is 0.465 e. The van der Waals surface area contributed by atoms with Gasteiger partial charge < -0.3 is 10.1 Å². The molecule has 0 aliphatic rings. The fourth-order valence-electron chi connectivity index (χ4n) is 1.05. The minimum Gasteiger partial charge on any atom is -0.465 e. The molecule has 0 bridgehead atoms. The highest BCUT2D eigenvalue weighted by Gasteiger charge is 2.04. The summed E-state index contributed by atoms with van der Waals surface area (Å²) in [7, 11) is 0. The molecule has 16 heavy (non-hydrogen) atoms. The van der Waals surface area contributed by atoms with Crippen molar-refractivity contribution in [2.75, 3.05) is 26.2 Å². The number of rotatable bonds is 8. The number of nitrogens with one attached hydrogen (secondary N) is 2. The monoisotopic (exact) mass is 230 g/mol. The van der Waals surface area contributed by atoms with Crippen LogP contribution >= 0.6 is 0 Å². The molecule has 0 saturated heterocycles. The molecule has 0 heterocycles. The molecule has 0 atom stereocenters. The standard InChI is InChI=1S/C11H22N2O3/c1-4-16-11(15)8-12-7-10(14)13-6-5-9(2)3/h9,12H,4-8H2,1-3H3,(H,13,14). The van der Waals surface area contributed by atoms with Crippen LogP contribution in [0.4, 0.5) is 0 Å². The SMILES string of the molecule is CCOC(=O)CNCC(=O)NCCC(C)C. The lowest BCUT2D eigenvalue weighted by Gasteiger charge is -2.07. The summed E-state index contributed by atoms with van der Waals surface area (Å²) < 4.78 is 4.70. The smallest absolute Gasteiger partial charge is 0.319 e. The van der Waals surface area contributed by atoms with Crippen molar-refractivity contribution in [3.05, 3.63) is 0 Å². The van der Waals surface area contributed by atoms with E-state index in [1.165, 1.54) is 0 Å². The molecule has 1 amide bonds. The zero-order valence-corrected chi connectivity index (χ0v) is 10.3. The van der Waals surface area contributed by atoms with Crippen LogP contribution in [0.15, 0.2) is 0 Å². The van der Waals surface area contributed by atoms with Gasteiger partial charge in [-0.05, 0) is 19.3 Å². The third-order valence-corrected chi connectivity index (χ3v) is 1.90. The molecular weight excluding hydrogens is 208 g/mol. The van der Waals surface area contributed by atoms with Gasteiger partial charge in [-0.1, -0.05) is 13.8 Å². The van der Waals surface area contributed by atoms with Crippen LogP contribution in [0.2, 0.25) is 0 Å². The molecule has 2 N–H and O–H groups in total. The van der Waals surface area contributed by atoms with Crippen molar-refractivity contribution in [3.63, 3.8) is 0 Å². The van der Waals surface area contributed by atoms with E-state index in [4.69, 9.17) is 4.74 Å². The normalized spacial score (nSPS) is 10.2. The predicted molar refractivity (Wildman–Crippen MR) is 62.0 cm³/mol. The average Bonchev–Trinajstić information content (AvgIpc) is 2.17. The lowest BCUT2D eigenvalue weighted by Crippen LogP contribution is -2.37. The van der Waals surface area contributed by atoms with Gasteiger partial charge in [-0.25, -0.2) is 0 Å². The van der Waals surface area contributed by atoms with E-state index >= 15 is 0 Å². The first-order valence-electron chi connectivity index (χ1n) is 5.69. The van der Waals surface area contributed by atoms with E-state index in [0.29, 0.717) is 19.1 Å². The summed E-state index contributed by atoms with van der Waals surface area (Å²) in [6.07, 6.45) is 0.962. The molecule has 5 heteroatoms. The van der Waals surface area contributed by atoms with Gasteiger partial charge in [0, 0.05) is 6.54 Å². The summed E-state index contributed by atoms with van der Waals surface area (Å²) in [5.41, 5.74) is 0. The van der Waals surface area contributed by atoms with Crippen molar-refractivity contribution in [2.45, 2.75) is 27.2 Å². The van der Waals surface area contributed by atoms with Crippen LogP contribution in [0.1, 0.15) is 27.2 Å². The number of hydrogen-bond donors (Lipinski definition) is 2. The summed E-state index contributed by atoms with van der Waals surface area (Å²) >= 11 is 0. The zero-order chi connectivity index (χ0) is 12.4. The molecule has 94 valence electrons. The molecule has 0 rings (SSSR count). The molecule has 0 fully saturated rings. The van der Waals surface area contributed by atoms with Crippen molar-refractivity contribution in [3.8, 4) is 0 Å². The molecule has 5 nitrogen and oxygen atoms in total. The Morgan fingerprint density at radius 1 is 1.25 bits per heavy atom. The Kier molecular flexibility index (Phi) is 8.52. The lowest BCUT2D eigenvalue weighted by atomic mass is 10.1. The van der Waals surface area contributed by atoms with Crippen LogP contribution in [-0.4, -0.2) is 38.1 Å². The van der Waals surface area contributed by atoms with Gasteiger partial charge >= 0.3 is 5.97 Å². The Hall–Kier alpha value is -1.10. The van der Waals surface area contributed by atoms with Gasteiger partial charge in [0.15, 0.2) is 0 Å². The Labute approximate surface area is 96.9 Å². The van der Waals surface area contributed by atoms with Crippen LogP contribution in [-0.2, 0) is 14.3 Å². The molecular formula is C11H22N2O3. The first-order chi connectivity index (χ1) is 7.56. The first kappa shape index (κ1) is 14.9. The second-order valence-electron chi connectivity index (χ2n) is 3.94. The highest BCUT2D eigenvalue weighted by Crippen LogP contribution is 1.95. The lowest BCUT2D eigenvalue weighted by molar-refractivity contribution is -0.142. The second kappa shape index (κ2) is 9.15. The van der Waals surface area contributed by atoms with Gasteiger partial charge in [0.05, 0.1) is 19.7 Å². The number of carbonyl (C=O) groups excluding carboxylic acids is 2. The van der Waals surface area contributed by atoms with Crippen LogP contribution in [0.25, 0.3) is 0 Å². The van der Waals surface area contributed by atoms with Gasteiger partial charge in [-0.2, -0.15) is 0 Å². The Bertz CT molecular complexity index is 217. The van der Waals surface area contributed by atoms with Crippen molar-refractivity contribution in [1.29, 1.82) is 0 Å². The summed E-state index contributed by atoms with van der Waals surface area (Å²) in [4.78, 5) is 22.1. The summed E-state index contributed by atoms with van der Waals surface area (Å²) in [5.74, 6) is 0.148. The van der Waals surface area contributed by atoms with E-state index in [1.807, 2.05) is 0 Å². The molecule has 0 radical (unpaired) electrons. The van der Waals surface area contributed by atoms with E-state index in [9.17, 15) is 9.59 Å².